The van der Waals surface area contributed by atoms with Gasteiger partial charge in [-0.3, -0.25) is 0 Å². The molecule has 0 saturated heterocycles. The Bertz CT molecular complexity index is 379. The van der Waals surface area contributed by atoms with Crippen LogP contribution < -0.4 is 11.1 Å². The van der Waals surface area contributed by atoms with Crippen LogP contribution in [0.1, 0.15) is 6.42 Å². The highest BCUT2D eigenvalue weighted by Crippen LogP contribution is 2.15. The first-order valence-corrected chi connectivity index (χ1v) is 4.55. The molecule has 2 heterocycles. The minimum absolute atomic E-state index is 0.507. The molecule has 3 N–H and O–H groups in total. The summed E-state index contributed by atoms with van der Waals surface area (Å²) in [6.07, 6.45) is 2.57. The van der Waals surface area contributed by atoms with Crippen molar-refractivity contribution < 1.29 is 4.42 Å². The van der Waals surface area contributed by atoms with Crippen molar-refractivity contribution in [2.75, 3.05) is 18.4 Å². The summed E-state index contributed by atoms with van der Waals surface area (Å²) < 4.78 is 5.34. The molecule has 5 nitrogen and oxygen atoms in total. The van der Waals surface area contributed by atoms with Gasteiger partial charge in [0.15, 0.2) is 0 Å². The summed E-state index contributed by atoms with van der Waals surface area (Å²) in [4.78, 5) is 8.24. The maximum atomic E-state index is 5.36. The standard InChI is InChI=1S/C9H12N4O/c10-4-2-6-12-9-13-7-3-1-5-11-8(7)14-9/h1,3,5H,2,4,6,10H2,(H,12,13). The van der Waals surface area contributed by atoms with Gasteiger partial charge in [0.1, 0.15) is 5.52 Å². The summed E-state index contributed by atoms with van der Waals surface area (Å²) >= 11 is 0. The molecule has 0 atom stereocenters. The van der Waals surface area contributed by atoms with E-state index in [2.05, 4.69) is 15.3 Å². The Morgan fingerprint density at radius 3 is 3.21 bits per heavy atom. The average Bonchev–Trinajstić information content (AvgIpc) is 2.60. The Labute approximate surface area is 81.3 Å². The summed E-state index contributed by atoms with van der Waals surface area (Å²) in [6, 6.07) is 4.20. The number of oxazole rings is 1. The van der Waals surface area contributed by atoms with Crippen LogP contribution in [0.4, 0.5) is 6.01 Å². The zero-order valence-electron chi connectivity index (χ0n) is 7.73. The van der Waals surface area contributed by atoms with Crippen LogP contribution in [0, 0.1) is 0 Å². The van der Waals surface area contributed by atoms with E-state index in [4.69, 9.17) is 10.2 Å². The van der Waals surface area contributed by atoms with Gasteiger partial charge in [0.25, 0.3) is 6.01 Å². The van der Waals surface area contributed by atoms with E-state index in [1.807, 2.05) is 12.1 Å². The maximum absolute atomic E-state index is 5.36. The van der Waals surface area contributed by atoms with Gasteiger partial charge in [-0.2, -0.15) is 4.98 Å². The van der Waals surface area contributed by atoms with Crippen molar-refractivity contribution in [1.29, 1.82) is 0 Å². The molecule has 0 unspecified atom stereocenters. The van der Waals surface area contributed by atoms with E-state index < -0.39 is 0 Å². The molecule has 0 saturated carbocycles. The fraction of sp³-hybridized carbons (Fsp3) is 0.333. The van der Waals surface area contributed by atoms with E-state index in [0.717, 1.165) is 18.5 Å². The van der Waals surface area contributed by atoms with Crippen molar-refractivity contribution in [3.63, 3.8) is 0 Å². The lowest BCUT2D eigenvalue weighted by atomic mass is 10.4. The van der Waals surface area contributed by atoms with Crippen LogP contribution in [0.15, 0.2) is 22.7 Å². The van der Waals surface area contributed by atoms with Crippen molar-refractivity contribution in [3.05, 3.63) is 18.3 Å². The highest BCUT2D eigenvalue weighted by atomic mass is 16.4. The van der Waals surface area contributed by atoms with Gasteiger partial charge in [0.2, 0.25) is 5.71 Å². The van der Waals surface area contributed by atoms with Crippen molar-refractivity contribution in [2.24, 2.45) is 5.73 Å². The molecule has 0 bridgehead atoms. The molecule has 5 heteroatoms. The largest absolute Gasteiger partial charge is 0.404 e. The molecule has 2 rings (SSSR count). The van der Waals surface area contributed by atoms with E-state index >= 15 is 0 Å². The second kappa shape index (κ2) is 4.06. The molecule has 0 aliphatic heterocycles. The quantitative estimate of drug-likeness (QED) is 0.706. The number of hydrogen-bond acceptors (Lipinski definition) is 5. The SMILES string of the molecule is NCCCNc1nc2cccnc2o1. The number of fused-ring (bicyclic) bond motifs is 1. The van der Waals surface area contributed by atoms with E-state index in [9.17, 15) is 0 Å². The van der Waals surface area contributed by atoms with Crippen molar-refractivity contribution in [3.8, 4) is 0 Å². The molecular weight excluding hydrogens is 180 g/mol. The van der Waals surface area contributed by atoms with Crippen LogP contribution in [-0.4, -0.2) is 23.1 Å². The molecule has 2 aromatic heterocycles. The second-order valence-electron chi connectivity index (χ2n) is 2.92. The minimum Gasteiger partial charge on any atom is -0.404 e. The number of hydrogen-bond donors (Lipinski definition) is 2. The fourth-order valence-electron chi connectivity index (χ4n) is 1.14. The third kappa shape index (κ3) is 1.82. The van der Waals surface area contributed by atoms with Gasteiger partial charge in [-0.25, -0.2) is 4.98 Å². The molecule has 0 amide bonds. The Balaban J connectivity index is 2.11. The van der Waals surface area contributed by atoms with Gasteiger partial charge >= 0.3 is 0 Å². The number of pyridine rings is 1. The number of rotatable bonds is 4. The first-order valence-electron chi connectivity index (χ1n) is 4.55. The van der Waals surface area contributed by atoms with E-state index in [0.29, 0.717) is 18.3 Å². The molecule has 14 heavy (non-hydrogen) atoms. The van der Waals surface area contributed by atoms with Crippen molar-refractivity contribution in [2.45, 2.75) is 6.42 Å². The lowest BCUT2D eigenvalue weighted by Crippen LogP contribution is -2.08. The van der Waals surface area contributed by atoms with Crippen molar-refractivity contribution in [1.82, 2.24) is 9.97 Å². The van der Waals surface area contributed by atoms with Crippen molar-refractivity contribution >= 4 is 17.2 Å². The summed E-state index contributed by atoms with van der Waals surface area (Å²) in [5.74, 6) is 0. The average molecular weight is 192 g/mol. The molecule has 0 fully saturated rings. The third-order valence-electron chi connectivity index (χ3n) is 1.82. The molecule has 2 aromatic rings. The zero-order valence-corrected chi connectivity index (χ0v) is 7.73. The number of aromatic nitrogens is 2. The van der Waals surface area contributed by atoms with Crippen LogP contribution in [0.25, 0.3) is 11.2 Å². The smallest absolute Gasteiger partial charge is 0.297 e. The van der Waals surface area contributed by atoms with Gasteiger partial charge in [-0.05, 0) is 25.1 Å². The van der Waals surface area contributed by atoms with Crippen LogP contribution >= 0.6 is 0 Å². The first kappa shape index (κ1) is 8.96. The molecule has 0 aliphatic carbocycles. The number of nitrogens with two attached hydrogens (primary N) is 1. The molecule has 74 valence electrons. The van der Waals surface area contributed by atoms with Gasteiger partial charge in [0, 0.05) is 12.7 Å². The summed E-state index contributed by atoms with van der Waals surface area (Å²) in [7, 11) is 0. The Hall–Kier alpha value is -1.62. The maximum Gasteiger partial charge on any atom is 0.297 e. The lowest BCUT2D eigenvalue weighted by molar-refractivity contribution is 0.601. The normalized spacial score (nSPS) is 10.6. The molecule has 0 aliphatic rings. The van der Waals surface area contributed by atoms with Gasteiger partial charge in [-0.1, -0.05) is 0 Å². The molecular formula is C9H12N4O. The molecule has 0 spiro atoms. The van der Waals surface area contributed by atoms with Gasteiger partial charge in [0.05, 0.1) is 0 Å². The minimum atomic E-state index is 0.507. The highest BCUT2D eigenvalue weighted by Gasteiger charge is 2.03. The predicted molar refractivity (Wildman–Crippen MR) is 54.0 cm³/mol. The molecule has 0 radical (unpaired) electrons. The summed E-state index contributed by atoms with van der Waals surface area (Å²) in [5.41, 5.74) is 6.69. The first-order chi connectivity index (χ1) is 6.90. The second-order valence-corrected chi connectivity index (χ2v) is 2.92. The van der Waals surface area contributed by atoms with Crippen LogP contribution in [0.3, 0.4) is 0 Å². The Morgan fingerprint density at radius 2 is 2.43 bits per heavy atom. The number of nitrogens with zero attached hydrogens (tertiary/aromatic N) is 2. The predicted octanol–water partition coefficient (Wildman–Crippen LogP) is 0.983. The van der Waals surface area contributed by atoms with E-state index in [-0.39, 0.29) is 0 Å². The van der Waals surface area contributed by atoms with Crippen LogP contribution in [0.2, 0.25) is 0 Å². The Kier molecular flexibility index (Phi) is 2.60. The summed E-state index contributed by atoms with van der Waals surface area (Å²) in [6.45, 7) is 1.43. The van der Waals surface area contributed by atoms with Gasteiger partial charge in [-0.15, -0.1) is 0 Å². The Morgan fingerprint density at radius 1 is 1.50 bits per heavy atom. The van der Waals surface area contributed by atoms with Crippen LogP contribution in [0.5, 0.6) is 0 Å². The number of anilines is 1. The van der Waals surface area contributed by atoms with E-state index in [1.165, 1.54) is 0 Å². The van der Waals surface area contributed by atoms with Crippen LogP contribution in [-0.2, 0) is 0 Å². The number of nitrogens with one attached hydrogen (secondary N) is 1. The molecule has 0 aromatic carbocycles. The fourth-order valence-corrected chi connectivity index (χ4v) is 1.14. The zero-order chi connectivity index (χ0) is 9.80. The van der Waals surface area contributed by atoms with Gasteiger partial charge < -0.3 is 15.5 Å². The topological polar surface area (TPSA) is 77.0 Å². The van der Waals surface area contributed by atoms with E-state index in [1.54, 1.807) is 6.20 Å². The third-order valence-corrected chi connectivity index (χ3v) is 1.82. The monoisotopic (exact) mass is 192 g/mol. The highest BCUT2D eigenvalue weighted by molar-refractivity contribution is 5.69. The summed E-state index contributed by atoms with van der Waals surface area (Å²) in [5, 5.41) is 3.04. The lowest BCUT2D eigenvalue weighted by Gasteiger charge is -1.97.